The Labute approximate surface area is 178 Å². The molecule has 0 aliphatic heterocycles. The lowest BCUT2D eigenvalue weighted by Gasteiger charge is -2.18. The van der Waals surface area contributed by atoms with Gasteiger partial charge in [-0.25, -0.2) is 4.98 Å². The number of nitrogens with zero attached hydrogens (tertiary/aromatic N) is 1. The average Bonchev–Trinajstić information content (AvgIpc) is 3.43. The fourth-order valence-electron chi connectivity index (χ4n) is 3.90. The molecule has 0 spiro atoms. The summed E-state index contributed by atoms with van der Waals surface area (Å²) in [6.07, 6.45) is 7.52. The smallest absolute Gasteiger partial charge is 0.161 e. The molecule has 30 heavy (non-hydrogen) atoms. The molecule has 4 heteroatoms. The minimum absolute atomic E-state index is 0.00686. The zero-order valence-corrected chi connectivity index (χ0v) is 17.7. The molecule has 1 atom stereocenters. The van der Waals surface area contributed by atoms with Crippen molar-refractivity contribution in [2.24, 2.45) is 0 Å². The topological polar surface area (TPSA) is 47.1 Å². The Hall–Kier alpha value is -3.19. The van der Waals surface area contributed by atoms with Crippen LogP contribution in [0.2, 0.25) is 0 Å². The first-order valence-corrected chi connectivity index (χ1v) is 10.6. The molecule has 4 nitrogen and oxygen atoms in total. The molecule has 1 aliphatic rings. The predicted octanol–water partition coefficient (Wildman–Crippen LogP) is 5.43. The van der Waals surface area contributed by atoms with E-state index in [4.69, 9.17) is 9.47 Å². The maximum atomic E-state index is 6.31. The van der Waals surface area contributed by atoms with E-state index < -0.39 is 0 Å². The van der Waals surface area contributed by atoms with Gasteiger partial charge in [0.1, 0.15) is 5.82 Å². The minimum atomic E-state index is -0.00686. The Morgan fingerprint density at radius 3 is 2.60 bits per heavy atom. The SMILES string of the molecule is COc1ccc(C(C#Cc2ccccc2)Cc2ncc(C)[nH]2)cc1OC1CCCC1. The van der Waals surface area contributed by atoms with E-state index in [0.717, 1.165) is 47.0 Å². The highest BCUT2D eigenvalue weighted by molar-refractivity contribution is 5.47. The van der Waals surface area contributed by atoms with Crippen LogP contribution in [0, 0.1) is 18.8 Å². The molecule has 4 rings (SSSR count). The second-order valence-electron chi connectivity index (χ2n) is 7.84. The van der Waals surface area contributed by atoms with Gasteiger partial charge >= 0.3 is 0 Å². The monoisotopic (exact) mass is 400 g/mol. The third-order valence-electron chi connectivity index (χ3n) is 5.50. The van der Waals surface area contributed by atoms with E-state index in [-0.39, 0.29) is 12.0 Å². The van der Waals surface area contributed by atoms with Gasteiger partial charge in [0.25, 0.3) is 0 Å². The first-order chi connectivity index (χ1) is 14.7. The Kier molecular flexibility index (Phi) is 6.39. The lowest BCUT2D eigenvalue weighted by atomic mass is 9.95. The van der Waals surface area contributed by atoms with Gasteiger partial charge in [-0.05, 0) is 62.4 Å². The quantitative estimate of drug-likeness (QED) is 0.562. The molecule has 0 radical (unpaired) electrons. The first-order valence-electron chi connectivity index (χ1n) is 10.6. The van der Waals surface area contributed by atoms with Gasteiger partial charge < -0.3 is 14.5 Å². The number of imidazole rings is 1. The third kappa shape index (κ3) is 5.04. The van der Waals surface area contributed by atoms with Gasteiger partial charge in [0.15, 0.2) is 11.5 Å². The van der Waals surface area contributed by atoms with Crippen LogP contribution in [0.15, 0.2) is 54.7 Å². The Bertz CT molecular complexity index is 1020. The number of aryl methyl sites for hydroxylation is 1. The van der Waals surface area contributed by atoms with E-state index in [1.807, 2.05) is 49.5 Å². The van der Waals surface area contributed by atoms with Crippen LogP contribution >= 0.6 is 0 Å². The minimum Gasteiger partial charge on any atom is -0.493 e. The first kappa shape index (κ1) is 20.1. The molecule has 1 fully saturated rings. The fourth-order valence-corrected chi connectivity index (χ4v) is 3.90. The molecule has 1 saturated carbocycles. The normalized spacial score (nSPS) is 14.7. The van der Waals surface area contributed by atoms with Crippen LogP contribution in [0.4, 0.5) is 0 Å². The van der Waals surface area contributed by atoms with Gasteiger partial charge in [0.05, 0.1) is 19.1 Å². The van der Waals surface area contributed by atoms with Crippen LogP contribution < -0.4 is 9.47 Å². The van der Waals surface area contributed by atoms with E-state index in [1.54, 1.807) is 7.11 Å². The highest BCUT2D eigenvalue weighted by Gasteiger charge is 2.20. The molecule has 0 amide bonds. The highest BCUT2D eigenvalue weighted by atomic mass is 16.5. The molecule has 1 heterocycles. The zero-order valence-electron chi connectivity index (χ0n) is 17.7. The van der Waals surface area contributed by atoms with E-state index in [9.17, 15) is 0 Å². The van der Waals surface area contributed by atoms with Crippen molar-refractivity contribution in [2.75, 3.05) is 7.11 Å². The molecule has 1 aliphatic carbocycles. The summed E-state index contributed by atoms with van der Waals surface area (Å²) in [5.74, 6) is 9.30. The average molecular weight is 401 g/mol. The summed E-state index contributed by atoms with van der Waals surface area (Å²) in [6.45, 7) is 2.02. The number of aromatic amines is 1. The second kappa shape index (κ2) is 9.54. The summed E-state index contributed by atoms with van der Waals surface area (Å²) >= 11 is 0. The summed E-state index contributed by atoms with van der Waals surface area (Å²) in [7, 11) is 1.69. The van der Waals surface area contributed by atoms with Gasteiger partial charge in [-0.1, -0.05) is 36.1 Å². The van der Waals surface area contributed by atoms with Gasteiger partial charge in [0.2, 0.25) is 0 Å². The van der Waals surface area contributed by atoms with Crippen molar-refractivity contribution in [1.82, 2.24) is 9.97 Å². The molecule has 1 aromatic heterocycles. The summed E-state index contributed by atoms with van der Waals surface area (Å²) < 4.78 is 11.9. The molecule has 1 unspecified atom stereocenters. The van der Waals surface area contributed by atoms with Crippen LogP contribution in [0.1, 0.15) is 54.2 Å². The molecule has 1 N–H and O–H groups in total. The van der Waals surface area contributed by atoms with E-state index in [1.165, 1.54) is 12.8 Å². The molecule has 0 bridgehead atoms. The number of hydrogen-bond acceptors (Lipinski definition) is 3. The van der Waals surface area contributed by atoms with Crippen molar-refractivity contribution in [3.8, 4) is 23.3 Å². The van der Waals surface area contributed by atoms with Crippen molar-refractivity contribution >= 4 is 0 Å². The van der Waals surface area contributed by atoms with Crippen LogP contribution in [0.5, 0.6) is 11.5 Å². The number of hydrogen-bond donors (Lipinski definition) is 1. The van der Waals surface area contributed by atoms with Gasteiger partial charge in [-0.2, -0.15) is 0 Å². The van der Waals surface area contributed by atoms with Crippen LogP contribution in [-0.2, 0) is 6.42 Å². The lowest BCUT2D eigenvalue weighted by Crippen LogP contribution is -2.12. The van der Waals surface area contributed by atoms with Crippen molar-refractivity contribution < 1.29 is 9.47 Å². The standard InChI is InChI=1S/C26H28N2O2/c1-19-18-27-26(28-19)17-22(13-12-20-8-4-3-5-9-20)21-14-15-24(29-2)25(16-21)30-23-10-6-7-11-23/h3-5,8-9,14-16,18,22-23H,6-7,10-11,17H2,1-2H3,(H,27,28). The molecule has 3 aromatic rings. The fraction of sp³-hybridized carbons (Fsp3) is 0.346. The zero-order chi connectivity index (χ0) is 20.8. The number of H-pyrrole nitrogens is 1. The maximum absolute atomic E-state index is 6.31. The van der Waals surface area contributed by atoms with Crippen molar-refractivity contribution in [3.05, 3.63) is 77.4 Å². The van der Waals surface area contributed by atoms with E-state index >= 15 is 0 Å². The highest BCUT2D eigenvalue weighted by Crippen LogP contribution is 2.35. The Balaban J connectivity index is 1.65. The summed E-state index contributed by atoms with van der Waals surface area (Å²) in [4.78, 5) is 7.83. The van der Waals surface area contributed by atoms with E-state index in [0.29, 0.717) is 6.42 Å². The molecular formula is C26H28N2O2. The lowest BCUT2D eigenvalue weighted by molar-refractivity contribution is 0.200. The van der Waals surface area contributed by atoms with E-state index in [2.05, 4.69) is 33.9 Å². The van der Waals surface area contributed by atoms with Crippen molar-refractivity contribution in [1.29, 1.82) is 0 Å². The molecular weight excluding hydrogens is 372 g/mol. The summed E-state index contributed by atoms with van der Waals surface area (Å²) in [5.41, 5.74) is 3.18. The number of nitrogens with one attached hydrogen (secondary N) is 1. The predicted molar refractivity (Wildman–Crippen MR) is 119 cm³/mol. The summed E-state index contributed by atoms with van der Waals surface area (Å²) in [5, 5.41) is 0. The largest absolute Gasteiger partial charge is 0.493 e. The Morgan fingerprint density at radius 2 is 1.90 bits per heavy atom. The van der Waals surface area contributed by atoms with Crippen LogP contribution in [-0.4, -0.2) is 23.2 Å². The molecule has 0 saturated heterocycles. The summed E-state index contributed by atoms with van der Waals surface area (Å²) in [6, 6.07) is 16.3. The maximum Gasteiger partial charge on any atom is 0.161 e. The molecule has 154 valence electrons. The van der Waals surface area contributed by atoms with Crippen molar-refractivity contribution in [2.45, 2.75) is 51.0 Å². The number of aromatic nitrogens is 2. The second-order valence-corrected chi connectivity index (χ2v) is 7.84. The van der Waals surface area contributed by atoms with Gasteiger partial charge in [-0.3, -0.25) is 0 Å². The van der Waals surface area contributed by atoms with Gasteiger partial charge in [-0.15, -0.1) is 0 Å². The number of rotatable bonds is 6. The third-order valence-corrected chi connectivity index (χ3v) is 5.50. The number of ether oxygens (including phenoxy) is 2. The van der Waals surface area contributed by atoms with Crippen molar-refractivity contribution in [3.63, 3.8) is 0 Å². The molecule has 2 aromatic carbocycles. The van der Waals surface area contributed by atoms with Crippen LogP contribution in [0.3, 0.4) is 0 Å². The number of methoxy groups -OCH3 is 1. The van der Waals surface area contributed by atoms with Crippen LogP contribution in [0.25, 0.3) is 0 Å². The van der Waals surface area contributed by atoms with Gasteiger partial charge in [0, 0.05) is 23.9 Å². The Morgan fingerprint density at radius 1 is 1.10 bits per heavy atom. The number of benzene rings is 2.